The molecular weight excluding hydrogens is 324 g/mol. The Balaban J connectivity index is 3.13. The molecule has 8 nitrogen and oxygen atoms in total. The standard InChI is InChI=1S/C14H20N2O6S/c1-9(13(17)16(3)4)22-14(18)10-6-7-11(21-5)12(8-10)23(19,20)15-2/h6-9,15H,1-5H3/t9-/m0/s1. The lowest BCUT2D eigenvalue weighted by molar-refractivity contribution is -0.137. The third-order valence-corrected chi connectivity index (χ3v) is 4.47. The molecule has 0 aromatic heterocycles. The first-order valence-corrected chi connectivity index (χ1v) is 8.16. The maximum absolute atomic E-state index is 12.1. The maximum Gasteiger partial charge on any atom is 0.338 e. The predicted octanol–water partition coefficient (Wildman–Crippen LogP) is 0.237. The topological polar surface area (TPSA) is 102 Å². The lowest BCUT2D eigenvalue weighted by Crippen LogP contribution is -2.34. The van der Waals surface area contributed by atoms with Crippen molar-refractivity contribution in [3.8, 4) is 5.75 Å². The van der Waals surface area contributed by atoms with Crippen LogP contribution in [0.5, 0.6) is 5.75 Å². The van der Waals surface area contributed by atoms with Crippen LogP contribution in [0.3, 0.4) is 0 Å². The molecule has 0 saturated heterocycles. The first kappa shape index (κ1) is 18.9. The van der Waals surface area contributed by atoms with E-state index in [9.17, 15) is 18.0 Å². The summed E-state index contributed by atoms with van der Waals surface area (Å²) >= 11 is 0. The lowest BCUT2D eigenvalue weighted by atomic mass is 10.2. The fourth-order valence-electron chi connectivity index (χ4n) is 1.77. The number of nitrogens with zero attached hydrogens (tertiary/aromatic N) is 1. The molecule has 0 heterocycles. The molecule has 0 bridgehead atoms. The number of carbonyl (C=O) groups excluding carboxylic acids is 2. The van der Waals surface area contributed by atoms with E-state index in [0.717, 1.165) is 6.07 Å². The number of sulfonamides is 1. The molecule has 128 valence electrons. The number of ether oxygens (including phenoxy) is 2. The summed E-state index contributed by atoms with van der Waals surface area (Å²) in [5, 5.41) is 0. The van der Waals surface area contributed by atoms with Gasteiger partial charge in [0.1, 0.15) is 10.6 Å². The normalized spacial score (nSPS) is 12.4. The molecule has 0 unspecified atom stereocenters. The fourth-order valence-corrected chi connectivity index (χ4v) is 2.68. The molecule has 0 aliphatic heterocycles. The van der Waals surface area contributed by atoms with Crippen LogP contribution >= 0.6 is 0 Å². The quantitative estimate of drug-likeness (QED) is 0.742. The molecule has 1 rings (SSSR count). The number of carbonyl (C=O) groups is 2. The summed E-state index contributed by atoms with van der Waals surface area (Å²) < 4.78 is 36.1. The molecule has 0 fully saturated rings. The number of nitrogens with one attached hydrogen (secondary N) is 1. The molecular formula is C14H20N2O6S. The van der Waals surface area contributed by atoms with Gasteiger partial charge in [-0.25, -0.2) is 17.9 Å². The van der Waals surface area contributed by atoms with Gasteiger partial charge in [-0.05, 0) is 32.2 Å². The summed E-state index contributed by atoms with van der Waals surface area (Å²) in [6.07, 6.45) is -0.982. The second kappa shape index (κ2) is 7.42. The van der Waals surface area contributed by atoms with Crippen molar-refractivity contribution in [3.63, 3.8) is 0 Å². The molecule has 1 aromatic carbocycles. The molecule has 0 radical (unpaired) electrons. The van der Waals surface area contributed by atoms with E-state index in [1.54, 1.807) is 0 Å². The zero-order valence-electron chi connectivity index (χ0n) is 13.6. The van der Waals surface area contributed by atoms with Gasteiger partial charge in [0, 0.05) is 14.1 Å². The van der Waals surface area contributed by atoms with E-state index in [-0.39, 0.29) is 22.1 Å². The summed E-state index contributed by atoms with van der Waals surface area (Å²) in [5.74, 6) is -1.09. The van der Waals surface area contributed by atoms with Crippen LogP contribution in [0, 0.1) is 0 Å². The Morgan fingerprint density at radius 3 is 2.35 bits per heavy atom. The van der Waals surface area contributed by atoms with Crippen LogP contribution in [-0.2, 0) is 19.6 Å². The SMILES string of the molecule is CNS(=O)(=O)c1cc(C(=O)O[C@@H](C)C(=O)N(C)C)ccc1OC. The maximum atomic E-state index is 12.1. The van der Waals surface area contributed by atoms with Crippen molar-refractivity contribution in [3.05, 3.63) is 23.8 Å². The number of hydrogen-bond donors (Lipinski definition) is 1. The Hall–Kier alpha value is -2.13. The van der Waals surface area contributed by atoms with Gasteiger partial charge in [0.15, 0.2) is 6.10 Å². The molecule has 1 atom stereocenters. The monoisotopic (exact) mass is 344 g/mol. The smallest absolute Gasteiger partial charge is 0.338 e. The number of esters is 1. The molecule has 0 aliphatic carbocycles. The van der Waals surface area contributed by atoms with E-state index < -0.39 is 22.1 Å². The van der Waals surface area contributed by atoms with Crippen LogP contribution in [0.2, 0.25) is 0 Å². The predicted molar refractivity (Wildman–Crippen MR) is 82.8 cm³/mol. The molecule has 1 N–H and O–H groups in total. The Morgan fingerprint density at radius 1 is 1.26 bits per heavy atom. The molecule has 0 saturated carbocycles. The van der Waals surface area contributed by atoms with E-state index in [1.807, 2.05) is 0 Å². The van der Waals surface area contributed by atoms with Crippen molar-refractivity contribution in [2.24, 2.45) is 0 Å². The van der Waals surface area contributed by atoms with Gasteiger partial charge in [0.25, 0.3) is 5.91 Å². The Kier molecular flexibility index (Phi) is 6.11. The van der Waals surface area contributed by atoms with Gasteiger partial charge in [-0.15, -0.1) is 0 Å². The van der Waals surface area contributed by atoms with Gasteiger partial charge in [0.2, 0.25) is 10.0 Å². The summed E-state index contributed by atoms with van der Waals surface area (Å²) in [7, 11) is 1.83. The van der Waals surface area contributed by atoms with Gasteiger partial charge in [0.05, 0.1) is 12.7 Å². The van der Waals surface area contributed by atoms with E-state index in [2.05, 4.69) is 4.72 Å². The third-order valence-electron chi connectivity index (χ3n) is 3.03. The van der Waals surface area contributed by atoms with Crippen molar-refractivity contribution in [1.29, 1.82) is 0 Å². The van der Waals surface area contributed by atoms with E-state index >= 15 is 0 Å². The van der Waals surface area contributed by atoms with Crippen LogP contribution in [0.15, 0.2) is 23.1 Å². The zero-order valence-corrected chi connectivity index (χ0v) is 14.4. The van der Waals surface area contributed by atoms with Gasteiger partial charge < -0.3 is 14.4 Å². The summed E-state index contributed by atoms with van der Waals surface area (Å²) in [4.78, 5) is 24.9. The molecule has 1 amide bonds. The molecule has 23 heavy (non-hydrogen) atoms. The van der Waals surface area contributed by atoms with Gasteiger partial charge >= 0.3 is 5.97 Å². The van der Waals surface area contributed by atoms with Crippen LogP contribution in [0.4, 0.5) is 0 Å². The number of likely N-dealkylation sites (N-methyl/N-ethyl adjacent to an activating group) is 1. The summed E-state index contributed by atoms with van der Waals surface area (Å²) in [6, 6.07) is 3.85. The lowest BCUT2D eigenvalue weighted by Gasteiger charge is -2.17. The van der Waals surface area contributed by atoms with Crippen molar-refractivity contribution >= 4 is 21.9 Å². The minimum absolute atomic E-state index is 0.00182. The average molecular weight is 344 g/mol. The molecule has 1 aromatic rings. The molecule has 9 heteroatoms. The highest BCUT2D eigenvalue weighted by Crippen LogP contribution is 2.25. The Bertz CT molecular complexity index is 699. The number of amides is 1. The first-order chi connectivity index (χ1) is 10.6. The highest BCUT2D eigenvalue weighted by Gasteiger charge is 2.23. The fraction of sp³-hybridized carbons (Fsp3) is 0.429. The second-order valence-corrected chi connectivity index (χ2v) is 6.71. The van der Waals surface area contributed by atoms with E-state index in [0.29, 0.717) is 0 Å². The van der Waals surface area contributed by atoms with Crippen LogP contribution < -0.4 is 9.46 Å². The van der Waals surface area contributed by atoms with Gasteiger partial charge in [-0.3, -0.25) is 4.79 Å². The highest BCUT2D eigenvalue weighted by atomic mass is 32.2. The van der Waals surface area contributed by atoms with Crippen LogP contribution in [-0.4, -0.2) is 59.6 Å². The van der Waals surface area contributed by atoms with E-state index in [1.165, 1.54) is 52.2 Å². The second-order valence-electron chi connectivity index (χ2n) is 4.85. The minimum Gasteiger partial charge on any atom is -0.495 e. The minimum atomic E-state index is -3.81. The van der Waals surface area contributed by atoms with Crippen molar-refractivity contribution in [2.45, 2.75) is 17.9 Å². The Labute approximate surface area is 135 Å². The van der Waals surface area contributed by atoms with Gasteiger partial charge in [-0.1, -0.05) is 0 Å². The number of rotatable bonds is 6. The van der Waals surface area contributed by atoms with Crippen molar-refractivity contribution in [1.82, 2.24) is 9.62 Å². The molecule has 0 spiro atoms. The van der Waals surface area contributed by atoms with Crippen LogP contribution in [0.25, 0.3) is 0 Å². The molecule has 0 aliphatic rings. The van der Waals surface area contributed by atoms with Crippen molar-refractivity contribution < 1.29 is 27.5 Å². The zero-order chi connectivity index (χ0) is 17.8. The van der Waals surface area contributed by atoms with E-state index in [4.69, 9.17) is 9.47 Å². The number of hydrogen-bond acceptors (Lipinski definition) is 6. The first-order valence-electron chi connectivity index (χ1n) is 6.67. The van der Waals surface area contributed by atoms with Gasteiger partial charge in [-0.2, -0.15) is 0 Å². The number of benzene rings is 1. The third kappa shape index (κ3) is 4.42. The summed E-state index contributed by atoms with van der Waals surface area (Å²) in [6.45, 7) is 1.44. The average Bonchev–Trinajstić information content (AvgIpc) is 2.52. The Morgan fingerprint density at radius 2 is 1.87 bits per heavy atom. The summed E-state index contributed by atoms with van der Waals surface area (Å²) in [5.41, 5.74) is -0.00182. The van der Waals surface area contributed by atoms with Crippen molar-refractivity contribution in [2.75, 3.05) is 28.3 Å². The highest BCUT2D eigenvalue weighted by molar-refractivity contribution is 7.89. The van der Waals surface area contributed by atoms with Crippen LogP contribution in [0.1, 0.15) is 17.3 Å². The number of methoxy groups -OCH3 is 1. The largest absolute Gasteiger partial charge is 0.495 e.